The Hall–Kier alpha value is -2.16. The number of aliphatic hydroxyl groups is 1. The first kappa shape index (κ1) is 21.1. The first-order valence-corrected chi connectivity index (χ1v) is 8.50. The van der Waals surface area contributed by atoms with Crippen LogP contribution in [0.2, 0.25) is 0 Å². The molecule has 0 radical (unpaired) electrons. The Labute approximate surface area is 154 Å². The zero-order valence-corrected chi connectivity index (χ0v) is 15.3. The molecule has 150 valence electrons. The maximum absolute atomic E-state index is 14.1. The molecular weight excluding hydrogens is 368 g/mol. The maximum atomic E-state index is 14.1. The van der Waals surface area contributed by atoms with Crippen LogP contribution in [0, 0.1) is 24.6 Å². The third-order valence-electron chi connectivity index (χ3n) is 4.87. The molecule has 0 unspecified atom stereocenters. The molecule has 1 N–H and O–H groups in total. The van der Waals surface area contributed by atoms with Gasteiger partial charge in [-0.1, -0.05) is 13.0 Å². The van der Waals surface area contributed by atoms with Crippen molar-refractivity contribution in [2.24, 2.45) is 11.8 Å². The summed E-state index contributed by atoms with van der Waals surface area (Å²) in [5.41, 5.74) is 0.823. The van der Waals surface area contributed by atoms with Crippen molar-refractivity contribution in [2.75, 3.05) is 25.0 Å². The molecule has 5 nitrogen and oxygen atoms in total. The maximum Gasteiger partial charge on any atom is 0.423 e. The van der Waals surface area contributed by atoms with Crippen LogP contribution in [-0.4, -0.2) is 54.2 Å². The Morgan fingerprint density at radius 1 is 1.33 bits per heavy atom. The molecule has 0 bridgehead atoms. The average molecular weight is 390 g/mol. The molecule has 1 saturated heterocycles. The van der Waals surface area contributed by atoms with E-state index in [-0.39, 0.29) is 31.1 Å². The Bertz CT molecular complexity index is 723. The fourth-order valence-corrected chi connectivity index (χ4v) is 3.28. The first-order valence-electron chi connectivity index (χ1n) is 8.50. The molecule has 1 aliphatic heterocycles. The van der Waals surface area contributed by atoms with Gasteiger partial charge in [0.25, 0.3) is 5.91 Å². The number of alkyl halides is 3. The number of likely N-dealkylation sites (tertiary alicyclic amines) is 1. The van der Waals surface area contributed by atoms with Gasteiger partial charge in [-0.2, -0.15) is 13.2 Å². The number of hydrogen-bond donors (Lipinski definition) is 1. The molecule has 3 atom stereocenters. The van der Waals surface area contributed by atoms with Crippen LogP contribution in [0.15, 0.2) is 18.2 Å². The summed E-state index contributed by atoms with van der Waals surface area (Å²) in [6.45, 7) is 3.18. The lowest BCUT2D eigenvalue weighted by atomic mass is 9.85. The van der Waals surface area contributed by atoms with Crippen molar-refractivity contribution in [3.8, 4) is 0 Å². The first-order chi connectivity index (χ1) is 12.4. The molecule has 1 aliphatic rings. The fourth-order valence-electron chi connectivity index (χ4n) is 3.28. The zero-order chi connectivity index (χ0) is 20.5. The number of carbonyl (C=O) groups is 2. The van der Waals surface area contributed by atoms with Crippen molar-refractivity contribution < 1.29 is 32.3 Å². The summed E-state index contributed by atoms with van der Waals surface area (Å²) in [4.78, 5) is 26.7. The Kier molecular flexibility index (Phi) is 6.14. The van der Waals surface area contributed by atoms with Crippen molar-refractivity contribution in [2.45, 2.75) is 32.5 Å². The lowest BCUT2D eigenvalue weighted by Crippen LogP contribution is -2.53. The molecule has 1 aromatic carbocycles. The van der Waals surface area contributed by atoms with E-state index in [4.69, 9.17) is 5.11 Å². The number of piperidine rings is 1. The van der Waals surface area contributed by atoms with Gasteiger partial charge < -0.3 is 14.9 Å². The minimum atomic E-state index is -5.03. The average Bonchev–Trinajstić information content (AvgIpc) is 2.58. The SMILES string of the molecule is Cc1ccc(N(C)C(=O)[C@H]2CCN(C(=O)[C@@H](O)C(F)(F)F)C[C@H]2C)c(F)c1. The third-order valence-corrected chi connectivity index (χ3v) is 4.87. The Balaban J connectivity index is 2.07. The third kappa shape index (κ3) is 4.58. The van der Waals surface area contributed by atoms with Crippen molar-refractivity contribution in [1.29, 1.82) is 0 Å². The minimum absolute atomic E-state index is 0.0864. The minimum Gasteiger partial charge on any atom is -0.376 e. The van der Waals surface area contributed by atoms with Gasteiger partial charge >= 0.3 is 6.18 Å². The largest absolute Gasteiger partial charge is 0.423 e. The number of halogens is 4. The van der Waals surface area contributed by atoms with Crippen molar-refractivity contribution in [3.63, 3.8) is 0 Å². The number of anilines is 1. The van der Waals surface area contributed by atoms with Crippen molar-refractivity contribution >= 4 is 17.5 Å². The van der Waals surface area contributed by atoms with Crippen LogP contribution in [0.3, 0.4) is 0 Å². The Morgan fingerprint density at radius 2 is 1.96 bits per heavy atom. The highest BCUT2D eigenvalue weighted by Gasteiger charge is 2.47. The summed E-state index contributed by atoms with van der Waals surface area (Å²) in [5.74, 6) is -3.33. The Morgan fingerprint density at radius 3 is 2.48 bits per heavy atom. The number of aryl methyl sites for hydroxylation is 1. The number of carbonyl (C=O) groups excluding carboxylic acids is 2. The van der Waals surface area contributed by atoms with Gasteiger partial charge in [-0.3, -0.25) is 9.59 Å². The smallest absolute Gasteiger partial charge is 0.376 e. The van der Waals surface area contributed by atoms with Crippen LogP contribution >= 0.6 is 0 Å². The van der Waals surface area contributed by atoms with E-state index < -0.39 is 35.8 Å². The highest BCUT2D eigenvalue weighted by atomic mass is 19.4. The van der Waals surface area contributed by atoms with Gasteiger partial charge in [-0.15, -0.1) is 0 Å². The quantitative estimate of drug-likeness (QED) is 0.807. The summed E-state index contributed by atoms with van der Waals surface area (Å²) < 4.78 is 51.7. The molecule has 0 aromatic heterocycles. The number of benzene rings is 1. The highest BCUT2D eigenvalue weighted by molar-refractivity contribution is 5.95. The van der Waals surface area contributed by atoms with Crippen LogP contribution in [0.1, 0.15) is 18.9 Å². The van der Waals surface area contributed by atoms with E-state index in [9.17, 15) is 27.2 Å². The second-order valence-corrected chi connectivity index (χ2v) is 6.95. The number of amides is 2. The summed E-state index contributed by atoms with van der Waals surface area (Å²) in [6.07, 6.45) is -7.97. The van der Waals surface area contributed by atoms with E-state index in [0.29, 0.717) is 5.56 Å². The normalized spacial score (nSPS) is 21.7. The van der Waals surface area contributed by atoms with E-state index in [1.165, 1.54) is 24.1 Å². The standard InChI is InChI=1S/C18H22F4N2O3/c1-10-4-5-14(13(19)8-10)23(3)16(26)12-6-7-24(9-11(12)2)17(27)15(25)18(20,21)22/h4-5,8,11-12,15,25H,6-7,9H2,1-3H3/t11-,12+,15-/m1/s1. The predicted molar refractivity (Wildman–Crippen MR) is 90.5 cm³/mol. The molecule has 1 fully saturated rings. The number of aliphatic hydroxyl groups excluding tert-OH is 1. The van der Waals surface area contributed by atoms with Crippen molar-refractivity contribution in [3.05, 3.63) is 29.6 Å². The predicted octanol–water partition coefficient (Wildman–Crippen LogP) is 2.50. The molecule has 2 amide bonds. The molecule has 1 aromatic rings. The summed E-state index contributed by atoms with van der Waals surface area (Å²) in [5, 5.41) is 9.12. The second kappa shape index (κ2) is 7.84. The molecule has 0 spiro atoms. The molecule has 0 saturated carbocycles. The summed E-state index contributed by atoms with van der Waals surface area (Å²) in [7, 11) is 1.44. The lowest BCUT2D eigenvalue weighted by Gasteiger charge is -2.38. The monoisotopic (exact) mass is 390 g/mol. The van der Waals surface area contributed by atoms with Crippen LogP contribution in [-0.2, 0) is 9.59 Å². The molecule has 27 heavy (non-hydrogen) atoms. The molecule has 1 heterocycles. The van der Waals surface area contributed by atoms with Gasteiger partial charge in [0.05, 0.1) is 5.69 Å². The fraction of sp³-hybridized carbons (Fsp3) is 0.556. The van der Waals surface area contributed by atoms with Crippen LogP contribution in [0.5, 0.6) is 0 Å². The van der Waals surface area contributed by atoms with Gasteiger partial charge in [0.2, 0.25) is 12.0 Å². The summed E-state index contributed by atoms with van der Waals surface area (Å²) in [6, 6.07) is 4.47. The van der Waals surface area contributed by atoms with Crippen LogP contribution in [0.4, 0.5) is 23.2 Å². The van der Waals surface area contributed by atoms with Crippen LogP contribution in [0.25, 0.3) is 0 Å². The molecular formula is C18H22F4N2O3. The zero-order valence-electron chi connectivity index (χ0n) is 15.3. The second-order valence-electron chi connectivity index (χ2n) is 6.95. The van der Waals surface area contributed by atoms with Gasteiger partial charge in [0.1, 0.15) is 5.82 Å². The van der Waals surface area contributed by atoms with E-state index in [1.807, 2.05) is 0 Å². The number of nitrogens with zero attached hydrogens (tertiary/aromatic N) is 2. The van der Waals surface area contributed by atoms with E-state index >= 15 is 0 Å². The van der Waals surface area contributed by atoms with E-state index in [1.54, 1.807) is 19.9 Å². The molecule has 0 aliphatic carbocycles. The van der Waals surface area contributed by atoms with E-state index in [0.717, 1.165) is 4.90 Å². The summed E-state index contributed by atoms with van der Waals surface area (Å²) >= 11 is 0. The molecule has 2 rings (SSSR count). The van der Waals surface area contributed by atoms with Crippen molar-refractivity contribution in [1.82, 2.24) is 4.90 Å². The van der Waals surface area contributed by atoms with Gasteiger partial charge in [-0.25, -0.2) is 4.39 Å². The number of hydrogen-bond acceptors (Lipinski definition) is 3. The van der Waals surface area contributed by atoms with Gasteiger partial charge in [0, 0.05) is 26.1 Å². The van der Waals surface area contributed by atoms with Crippen LogP contribution < -0.4 is 4.90 Å². The van der Waals surface area contributed by atoms with Gasteiger partial charge in [0.15, 0.2) is 0 Å². The number of rotatable bonds is 3. The lowest BCUT2D eigenvalue weighted by molar-refractivity contribution is -0.211. The van der Waals surface area contributed by atoms with Gasteiger partial charge in [-0.05, 0) is 37.0 Å². The van der Waals surface area contributed by atoms with E-state index in [2.05, 4.69) is 0 Å². The highest BCUT2D eigenvalue weighted by Crippen LogP contribution is 2.30. The molecule has 9 heteroatoms. The topological polar surface area (TPSA) is 60.9 Å².